The molecule has 1 atom stereocenters. The molecule has 1 aliphatic carbocycles. The van der Waals surface area contributed by atoms with Crippen molar-refractivity contribution in [1.29, 1.82) is 0 Å². The molecule has 1 unspecified atom stereocenters. The van der Waals surface area contributed by atoms with Crippen molar-refractivity contribution in [3.05, 3.63) is 28.7 Å². The highest BCUT2D eigenvalue weighted by molar-refractivity contribution is 5.93. The van der Waals surface area contributed by atoms with Crippen molar-refractivity contribution in [2.75, 3.05) is 27.2 Å². The van der Waals surface area contributed by atoms with Crippen LogP contribution in [0.1, 0.15) is 65.1 Å². The fourth-order valence-corrected chi connectivity index (χ4v) is 4.23. The maximum Gasteiger partial charge on any atom is 0.292 e. The number of hydrogen-bond donors (Lipinski definition) is 0. The molecule has 8 nitrogen and oxygen atoms in total. The molecular formula is C19H28N6O2. The number of amides is 1. The first-order valence-corrected chi connectivity index (χ1v) is 9.84. The molecule has 4 rings (SSSR count). The lowest BCUT2D eigenvalue weighted by molar-refractivity contribution is 0.0660. The second-order valence-electron chi connectivity index (χ2n) is 8.01. The molecule has 8 heteroatoms. The maximum atomic E-state index is 13.1. The summed E-state index contributed by atoms with van der Waals surface area (Å²) in [6, 6.07) is 0. The van der Waals surface area contributed by atoms with Gasteiger partial charge in [-0.1, -0.05) is 5.16 Å². The fourth-order valence-electron chi connectivity index (χ4n) is 4.23. The van der Waals surface area contributed by atoms with Crippen LogP contribution in [0.15, 0.2) is 4.52 Å². The van der Waals surface area contributed by atoms with E-state index in [1.807, 2.05) is 26.0 Å². The topological polar surface area (TPSA) is 80.3 Å². The zero-order valence-electron chi connectivity index (χ0n) is 16.4. The molecule has 0 bridgehead atoms. The summed E-state index contributed by atoms with van der Waals surface area (Å²) >= 11 is 0. The van der Waals surface area contributed by atoms with Crippen LogP contribution in [0.2, 0.25) is 0 Å². The average Bonchev–Trinajstić information content (AvgIpc) is 3.25. The van der Waals surface area contributed by atoms with E-state index in [0.717, 1.165) is 74.5 Å². The molecule has 27 heavy (non-hydrogen) atoms. The summed E-state index contributed by atoms with van der Waals surface area (Å²) in [6.45, 7) is 2.17. The molecule has 3 heterocycles. The van der Waals surface area contributed by atoms with Gasteiger partial charge in [0.05, 0.1) is 12.2 Å². The lowest BCUT2D eigenvalue weighted by Crippen LogP contribution is -2.40. The summed E-state index contributed by atoms with van der Waals surface area (Å²) in [4.78, 5) is 17.1. The molecule has 1 amide bonds. The quantitative estimate of drug-likeness (QED) is 0.814. The van der Waals surface area contributed by atoms with E-state index < -0.39 is 0 Å². The minimum Gasteiger partial charge on any atom is -0.350 e. The summed E-state index contributed by atoms with van der Waals surface area (Å²) in [7, 11) is 6.06. The minimum absolute atomic E-state index is 0.0222. The van der Waals surface area contributed by atoms with Gasteiger partial charge >= 0.3 is 0 Å². The van der Waals surface area contributed by atoms with E-state index in [1.165, 1.54) is 0 Å². The number of hydrogen-bond acceptors (Lipinski definition) is 6. The summed E-state index contributed by atoms with van der Waals surface area (Å²) < 4.78 is 7.54. The SMILES string of the molecule is CN(C)Cc1nnc(C2CCCN(C(=O)c3onc4c3CCCC4)C2)n1C. The third-order valence-corrected chi connectivity index (χ3v) is 5.68. The number of aromatic nitrogens is 4. The van der Waals surface area contributed by atoms with Gasteiger partial charge in [-0.3, -0.25) is 4.79 Å². The van der Waals surface area contributed by atoms with Crippen LogP contribution in [-0.4, -0.2) is 62.8 Å². The molecule has 1 fully saturated rings. The van der Waals surface area contributed by atoms with Crippen molar-refractivity contribution in [3.63, 3.8) is 0 Å². The Morgan fingerprint density at radius 3 is 2.85 bits per heavy atom. The summed E-state index contributed by atoms with van der Waals surface area (Å²) in [5.41, 5.74) is 2.00. The Balaban J connectivity index is 1.51. The molecule has 2 aromatic heterocycles. The monoisotopic (exact) mass is 372 g/mol. The minimum atomic E-state index is -0.0222. The molecule has 1 saturated heterocycles. The van der Waals surface area contributed by atoms with E-state index in [1.54, 1.807) is 0 Å². The second kappa shape index (κ2) is 7.42. The molecule has 0 aromatic carbocycles. The van der Waals surface area contributed by atoms with Crippen molar-refractivity contribution in [1.82, 2.24) is 29.7 Å². The molecule has 0 saturated carbocycles. The van der Waals surface area contributed by atoms with E-state index in [9.17, 15) is 4.79 Å². The van der Waals surface area contributed by atoms with Gasteiger partial charge in [-0.05, 0) is 52.6 Å². The Kier molecular flexibility index (Phi) is 4.99. The third kappa shape index (κ3) is 3.50. The summed E-state index contributed by atoms with van der Waals surface area (Å²) in [5, 5.41) is 12.9. The van der Waals surface area contributed by atoms with Gasteiger partial charge in [0.25, 0.3) is 5.91 Å². The van der Waals surface area contributed by atoms with Crippen LogP contribution < -0.4 is 0 Å². The van der Waals surface area contributed by atoms with Gasteiger partial charge in [0.15, 0.2) is 0 Å². The van der Waals surface area contributed by atoms with Gasteiger partial charge in [-0.25, -0.2) is 0 Å². The Bertz CT molecular complexity index is 824. The van der Waals surface area contributed by atoms with E-state index in [4.69, 9.17) is 4.52 Å². The van der Waals surface area contributed by atoms with Crippen LogP contribution in [0, 0.1) is 0 Å². The van der Waals surface area contributed by atoms with Crippen LogP contribution in [0.3, 0.4) is 0 Å². The number of likely N-dealkylation sites (tertiary alicyclic amines) is 1. The van der Waals surface area contributed by atoms with E-state index in [0.29, 0.717) is 12.3 Å². The van der Waals surface area contributed by atoms with Gasteiger partial charge in [0.2, 0.25) is 5.76 Å². The summed E-state index contributed by atoms with van der Waals surface area (Å²) in [5.74, 6) is 2.55. The lowest BCUT2D eigenvalue weighted by Gasteiger charge is -2.31. The van der Waals surface area contributed by atoms with Crippen LogP contribution >= 0.6 is 0 Å². The van der Waals surface area contributed by atoms with E-state index in [-0.39, 0.29) is 11.8 Å². The molecule has 146 valence electrons. The molecule has 0 radical (unpaired) electrons. The average molecular weight is 372 g/mol. The van der Waals surface area contributed by atoms with Gasteiger partial charge in [0.1, 0.15) is 11.6 Å². The molecule has 0 N–H and O–H groups in total. The molecular weight excluding hydrogens is 344 g/mol. The first-order chi connectivity index (χ1) is 13.0. The predicted octanol–water partition coefficient (Wildman–Crippen LogP) is 1.76. The number of nitrogens with zero attached hydrogens (tertiary/aromatic N) is 6. The van der Waals surface area contributed by atoms with Crippen LogP contribution in [0.25, 0.3) is 0 Å². The molecule has 1 aliphatic heterocycles. The third-order valence-electron chi connectivity index (χ3n) is 5.68. The largest absolute Gasteiger partial charge is 0.350 e. The van der Waals surface area contributed by atoms with Crippen LogP contribution in [0.4, 0.5) is 0 Å². The van der Waals surface area contributed by atoms with Crippen molar-refractivity contribution >= 4 is 5.91 Å². The van der Waals surface area contributed by atoms with E-state index >= 15 is 0 Å². The van der Waals surface area contributed by atoms with E-state index in [2.05, 4.69) is 24.8 Å². The van der Waals surface area contributed by atoms with Crippen molar-refractivity contribution < 1.29 is 9.32 Å². The van der Waals surface area contributed by atoms with Gasteiger partial charge in [0, 0.05) is 31.6 Å². The standard InChI is InChI=1S/C19H28N6O2/c1-23(2)12-16-20-21-18(24(16)3)13-7-6-10-25(11-13)19(26)17-14-8-4-5-9-15(14)22-27-17/h13H,4-12H2,1-3H3. The predicted molar refractivity (Wildman–Crippen MR) is 99.4 cm³/mol. The fraction of sp³-hybridized carbons (Fsp3) is 0.684. The Labute approximate surface area is 159 Å². The summed E-state index contributed by atoms with van der Waals surface area (Å²) in [6.07, 6.45) is 6.02. The zero-order chi connectivity index (χ0) is 19.0. The number of carbonyl (C=O) groups is 1. The number of aryl methyl sites for hydroxylation is 1. The Morgan fingerprint density at radius 2 is 2.04 bits per heavy atom. The van der Waals surface area contributed by atoms with Gasteiger partial charge in [-0.15, -0.1) is 10.2 Å². The molecule has 2 aliphatic rings. The van der Waals surface area contributed by atoms with Crippen molar-refractivity contribution in [2.45, 2.75) is 51.0 Å². The second-order valence-corrected chi connectivity index (χ2v) is 8.01. The zero-order valence-corrected chi connectivity index (χ0v) is 16.4. The maximum absolute atomic E-state index is 13.1. The smallest absolute Gasteiger partial charge is 0.292 e. The number of piperidine rings is 1. The molecule has 2 aromatic rings. The Hall–Kier alpha value is -2.22. The van der Waals surface area contributed by atoms with Crippen molar-refractivity contribution in [2.24, 2.45) is 7.05 Å². The molecule has 0 spiro atoms. The van der Waals surface area contributed by atoms with Gasteiger partial charge in [-0.2, -0.15) is 0 Å². The van der Waals surface area contributed by atoms with Crippen LogP contribution in [0.5, 0.6) is 0 Å². The Morgan fingerprint density at radius 1 is 1.22 bits per heavy atom. The first kappa shape index (κ1) is 18.2. The van der Waals surface area contributed by atoms with Crippen LogP contribution in [-0.2, 0) is 26.4 Å². The number of carbonyl (C=O) groups excluding carboxylic acids is 1. The lowest BCUT2D eigenvalue weighted by atomic mass is 9.94. The highest BCUT2D eigenvalue weighted by atomic mass is 16.5. The normalized spacial score (nSPS) is 20.1. The highest BCUT2D eigenvalue weighted by Crippen LogP contribution is 2.29. The van der Waals surface area contributed by atoms with Crippen molar-refractivity contribution in [3.8, 4) is 0 Å². The number of fused-ring (bicyclic) bond motifs is 1. The van der Waals surface area contributed by atoms with Gasteiger partial charge < -0.3 is 18.9 Å². The number of rotatable bonds is 4. The highest BCUT2D eigenvalue weighted by Gasteiger charge is 2.33. The first-order valence-electron chi connectivity index (χ1n) is 9.84.